The van der Waals surface area contributed by atoms with Gasteiger partial charge in [0.15, 0.2) is 0 Å². The van der Waals surface area contributed by atoms with Crippen LogP contribution >= 0.6 is 0 Å². The third-order valence-corrected chi connectivity index (χ3v) is 6.28. The van der Waals surface area contributed by atoms with Crippen molar-refractivity contribution in [3.8, 4) is 0 Å². The largest absolute Gasteiger partial charge is 0.481 e. The Labute approximate surface area is 224 Å². The summed E-state index contributed by atoms with van der Waals surface area (Å²) < 4.78 is 0. The Hall–Kier alpha value is -1.71. The van der Waals surface area contributed by atoms with Gasteiger partial charge in [0.25, 0.3) is 0 Å². The van der Waals surface area contributed by atoms with Crippen molar-refractivity contribution in [2.75, 3.05) is 19.8 Å². The molecule has 0 fully saturated rings. The summed E-state index contributed by atoms with van der Waals surface area (Å²) in [4.78, 5) is 30.5. The van der Waals surface area contributed by atoms with E-state index in [1.54, 1.807) is 0 Å². The van der Waals surface area contributed by atoms with Crippen LogP contribution in [0.1, 0.15) is 136 Å². The lowest BCUT2D eigenvalue weighted by molar-refractivity contribution is -0.138. The van der Waals surface area contributed by atoms with E-state index in [1.165, 1.54) is 44.9 Å². The lowest BCUT2D eigenvalue weighted by Crippen LogP contribution is -2.32. The van der Waals surface area contributed by atoms with Gasteiger partial charge in [0, 0.05) is 24.7 Å². The topological polar surface area (TPSA) is 173 Å². The van der Waals surface area contributed by atoms with Crippen LogP contribution in [0.2, 0.25) is 0 Å². The van der Waals surface area contributed by atoms with E-state index in [9.17, 15) is 14.4 Å². The molecule has 0 unspecified atom stereocenters. The van der Waals surface area contributed by atoms with Gasteiger partial charge in [-0.05, 0) is 25.7 Å². The Bertz CT molecular complexity index is 482. The van der Waals surface area contributed by atoms with E-state index in [1.807, 2.05) is 6.92 Å². The first-order chi connectivity index (χ1) is 17.6. The Balaban J connectivity index is -0.000000481. The van der Waals surface area contributed by atoms with Crippen LogP contribution in [0.5, 0.6) is 0 Å². The standard InChI is InChI=1S/C12H24O2.C10H18O4.C6H14O3/c1-2-3-4-5-6-7-8-9-10-11-12(13)14;11-9(12)7-5-3-1-2-4-6-8-10(13)14;1-2-6(3-7,4-8)5-9/h2-11H2,1H3,(H,13,14);1-8H2,(H,11,12)(H,13,14);7-9H,2-5H2,1H3. The number of carboxylic acid groups (broad SMARTS) is 3. The van der Waals surface area contributed by atoms with E-state index >= 15 is 0 Å². The minimum atomic E-state index is -0.740. The number of aliphatic carboxylic acids is 3. The molecule has 0 amide bonds. The Kier molecular flexibility index (Phi) is 32.8. The first kappa shape index (κ1) is 39.8. The fraction of sp³-hybridized carbons (Fsp3) is 0.893. The summed E-state index contributed by atoms with van der Waals surface area (Å²) in [5.74, 6) is -2.14. The molecule has 0 rings (SSSR count). The van der Waals surface area contributed by atoms with E-state index in [-0.39, 0.29) is 32.7 Å². The first-order valence-corrected chi connectivity index (χ1v) is 14.1. The lowest BCUT2D eigenvalue weighted by atomic mass is 9.88. The van der Waals surface area contributed by atoms with Crippen LogP contribution in [-0.2, 0) is 14.4 Å². The summed E-state index contributed by atoms with van der Waals surface area (Å²) in [5, 5.41) is 51.1. The van der Waals surface area contributed by atoms with Gasteiger partial charge in [-0.3, -0.25) is 14.4 Å². The van der Waals surface area contributed by atoms with Crippen molar-refractivity contribution >= 4 is 17.9 Å². The molecule has 0 atom stereocenters. The van der Waals surface area contributed by atoms with Gasteiger partial charge in [-0.2, -0.15) is 0 Å². The molecule has 0 saturated heterocycles. The number of aliphatic hydroxyl groups is 3. The predicted octanol–water partition coefficient (Wildman–Crippen LogP) is 5.63. The summed E-state index contributed by atoms with van der Waals surface area (Å²) in [5.41, 5.74) is -0.667. The highest BCUT2D eigenvalue weighted by atomic mass is 16.4. The number of hydrogen-bond acceptors (Lipinski definition) is 6. The lowest BCUT2D eigenvalue weighted by Gasteiger charge is -2.24. The molecule has 0 aromatic carbocycles. The fourth-order valence-electron chi connectivity index (χ4n) is 3.33. The maximum absolute atomic E-state index is 10.2. The highest BCUT2D eigenvalue weighted by molar-refractivity contribution is 5.67. The second kappa shape index (κ2) is 30.5. The van der Waals surface area contributed by atoms with Crippen LogP contribution in [-0.4, -0.2) is 68.4 Å². The molecule has 37 heavy (non-hydrogen) atoms. The smallest absolute Gasteiger partial charge is 0.303 e. The monoisotopic (exact) mass is 536 g/mol. The molecule has 0 spiro atoms. The van der Waals surface area contributed by atoms with Crippen molar-refractivity contribution in [2.45, 2.75) is 136 Å². The van der Waals surface area contributed by atoms with Crippen molar-refractivity contribution in [3.05, 3.63) is 0 Å². The van der Waals surface area contributed by atoms with Crippen LogP contribution in [0.3, 0.4) is 0 Å². The molecule has 9 nitrogen and oxygen atoms in total. The van der Waals surface area contributed by atoms with E-state index in [0.29, 0.717) is 12.8 Å². The first-order valence-electron chi connectivity index (χ1n) is 14.1. The molecular weight excluding hydrogens is 480 g/mol. The number of carbonyl (C=O) groups is 3. The average molecular weight is 537 g/mol. The summed E-state index contributed by atoms with van der Waals surface area (Å²) in [6, 6.07) is 0. The van der Waals surface area contributed by atoms with Gasteiger partial charge in [-0.1, -0.05) is 90.9 Å². The second-order valence-corrected chi connectivity index (χ2v) is 9.71. The Morgan fingerprint density at radius 2 is 0.703 bits per heavy atom. The minimum Gasteiger partial charge on any atom is -0.481 e. The van der Waals surface area contributed by atoms with Gasteiger partial charge < -0.3 is 30.6 Å². The van der Waals surface area contributed by atoms with E-state index in [4.69, 9.17) is 30.6 Å². The van der Waals surface area contributed by atoms with Crippen molar-refractivity contribution in [2.24, 2.45) is 5.41 Å². The molecule has 222 valence electrons. The molecule has 6 N–H and O–H groups in total. The molecule has 0 aromatic rings. The maximum atomic E-state index is 10.2. The zero-order valence-corrected chi connectivity index (χ0v) is 23.5. The number of aliphatic hydroxyl groups excluding tert-OH is 3. The number of rotatable bonds is 23. The molecule has 9 heteroatoms. The number of hydrogen-bond donors (Lipinski definition) is 6. The molecule has 0 aromatic heterocycles. The van der Waals surface area contributed by atoms with E-state index in [2.05, 4.69) is 6.92 Å². The normalized spacial score (nSPS) is 10.6. The Morgan fingerprint density at radius 3 is 0.865 bits per heavy atom. The number of unbranched alkanes of at least 4 members (excludes halogenated alkanes) is 13. The maximum Gasteiger partial charge on any atom is 0.303 e. The minimum absolute atomic E-state index is 0.156. The summed E-state index contributed by atoms with van der Waals surface area (Å²) in [6.45, 7) is 3.58. The zero-order chi connectivity index (χ0) is 28.8. The van der Waals surface area contributed by atoms with Gasteiger partial charge in [0.1, 0.15) is 0 Å². The zero-order valence-electron chi connectivity index (χ0n) is 23.5. The SMILES string of the molecule is CCC(CO)(CO)CO.CCCCCCCCCCCC(=O)O.O=C(O)CCCCCCCCC(=O)O. The fourth-order valence-corrected chi connectivity index (χ4v) is 3.33. The average Bonchev–Trinajstić information content (AvgIpc) is 2.87. The molecule has 0 aliphatic heterocycles. The summed E-state index contributed by atoms with van der Waals surface area (Å²) >= 11 is 0. The van der Waals surface area contributed by atoms with E-state index in [0.717, 1.165) is 51.4 Å². The number of carboxylic acids is 3. The van der Waals surface area contributed by atoms with Crippen LogP contribution < -0.4 is 0 Å². The Morgan fingerprint density at radius 1 is 0.459 bits per heavy atom. The van der Waals surface area contributed by atoms with Gasteiger partial charge in [0.2, 0.25) is 0 Å². The van der Waals surface area contributed by atoms with Gasteiger partial charge in [-0.15, -0.1) is 0 Å². The van der Waals surface area contributed by atoms with Crippen molar-refractivity contribution in [1.29, 1.82) is 0 Å². The molecule has 0 saturated carbocycles. The summed E-state index contributed by atoms with van der Waals surface area (Å²) in [7, 11) is 0. The summed E-state index contributed by atoms with van der Waals surface area (Å²) in [6.07, 6.45) is 17.9. The van der Waals surface area contributed by atoms with E-state index < -0.39 is 23.3 Å². The highest BCUT2D eigenvalue weighted by Crippen LogP contribution is 2.18. The van der Waals surface area contributed by atoms with Gasteiger partial charge in [0.05, 0.1) is 19.8 Å². The van der Waals surface area contributed by atoms with Crippen LogP contribution in [0.4, 0.5) is 0 Å². The third-order valence-electron chi connectivity index (χ3n) is 6.28. The molecule has 0 aliphatic carbocycles. The quantitative estimate of drug-likeness (QED) is 0.0905. The predicted molar refractivity (Wildman–Crippen MR) is 146 cm³/mol. The third kappa shape index (κ3) is 34.3. The molecule has 0 heterocycles. The van der Waals surface area contributed by atoms with Crippen LogP contribution in [0.15, 0.2) is 0 Å². The molecular formula is C28H56O9. The van der Waals surface area contributed by atoms with Crippen molar-refractivity contribution < 1.29 is 45.0 Å². The second-order valence-electron chi connectivity index (χ2n) is 9.71. The van der Waals surface area contributed by atoms with Crippen molar-refractivity contribution in [3.63, 3.8) is 0 Å². The molecule has 0 aliphatic rings. The molecule has 0 radical (unpaired) electrons. The van der Waals surface area contributed by atoms with Gasteiger partial charge in [-0.25, -0.2) is 0 Å². The van der Waals surface area contributed by atoms with Crippen LogP contribution in [0, 0.1) is 5.41 Å². The molecule has 0 bridgehead atoms. The van der Waals surface area contributed by atoms with Crippen molar-refractivity contribution in [1.82, 2.24) is 0 Å². The highest BCUT2D eigenvalue weighted by Gasteiger charge is 2.24. The van der Waals surface area contributed by atoms with Crippen LogP contribution in [0.25, 0.3) is 0 Å². The van der Waals surface area contributed by atoms with Gasteiger partial charge >= 0.3 is 17.9 Å².